The Morgan fingerprint density at radius 1 is 1.12 bits per heavy atom. The number of aromatic nitrogens is 1. The maximum atomic E-state index is 13.1. The fourth-order valence-electron chi connectivity index (χ4n) is 3.87. The van der Waals surface area contributed by atoms with Crippen LogP contribution in [0.5, 0.6) is 0 Å². The first-order chi connectivity index (χ1) is 15.6. The number of nitriles is 1. The number of carbonyl (C=O) groups is 1. The van der Waals surface area contributed by atoms with E-state index in [1.807, 2.05) is 72.9 Å². The van der Waals surface area contributed by atoms with Crippen molar-refractivity contribution in [2.45, 2.75) is 19.4 Å². The second-order valence-corrected chi connectivity index (χ2v) is 8.26. The third-order valence-electron chi connectivity index (χ3n) is 5.67. The summed E-state index contributed by atoms with van der Waals surface area (Å²) in [5, 5.41) is 15.3. The number of pyridine rings is 1. The maximum Gasteiger partial charge on any atom is 0.247 e. The smallest absolute Gasteiger partial charge is 0.247 e. The molecule has 1 atom stereocenters. The zero-order chi connectivity index (χ0) is 22.3. The molecule has 1 aromatic heterocycles. The number of benzene rings is 2. The second-order valence-electron chi connectivity index (χ2n) is 8.26. The van der Waals surface area contributed by atoms with Gasteiger partial charge < -0.3 is 15.5 Å². The van der Waals surface area contributed by atoms with Gasteiger partial charge in [0.25, 0.3) is 0 Å². The van der Waals surface area contributed by atoms with Crippen LogP contribution in [0.3, 0.4) is 0 Å². The van der Waals surface area contributed by atoms with Crippen LogP contribution in [0.2, 0.25) is 0 Å². The molecule has 1 aliphatic rings. The van der Waals surface area contributed by atoms with Crippen molar-refractivity contribution < 1.29 is 4.79 Å². The summed E-state index contributed by atoms with van der Waals surface area (Å²) in [5.74, 6) is 1.12. The average molecular weight is 426 g/mol. The Morgan fingerprint density at radius 2 is 1.88 bits per heavy atom. The van der Waals surface area contributed by atoms with Crippen molar-refractivity contribution in [1.82, 2.24) is 10.3 Å². The van der Waals surface area contributed by atoms with Gasteiger partial charge in [0, 0.05) is 19.6 Å². The largest absolute Gasteiger partial charge is 0.370 e. The second kappa shape index (κ2) is 10.1. The molecule has 1 fully saturated rings. The lowest BCUT2D eigenvalue weighted by molar-refractivity contribution is -0.118. The Morgan fingerprint density at radius 3 is 2.50 bits per heavy atom. The Hall–Kier alpha value is -3.69. The molecule has 6 heteroatoms. The first-order valence-electron chi connectivity index (χ1n) is 10.9. The number of nitrogens with one attached hydrogen (secondary N) is 2. The van der Waals surface area contributed by atoms with Crippen LogP contribution < -0.4 is 15.5 Å². The Bertz CT molecular complexity index is 1070. The molecule has 2 N–H and O–H groups in total. The summed E-state index contributed by atoms with van der Waals surface area (Å²) in [6, 6.07) is 22.7. The standard InChI is InChI=1S/C26H27N5O/c1-19-17-31(18-19)23-11-12-24(29-16-23)30-26(32)25(22-5-3-2-4-6-22)28-14-13-20-7-9-21(15-27)10-8-20/h2-12,16,19,25,28H,13-14,17-18H2,1H3,(H,29,30,32). The molecular formula is C26H27N5O. The van der Waals surface area contributed by atoms with Crippen molar-refractivity contribution in [2.24, 2.45) is 5.92 Å². The molecule has 4 rings (SSSR count). The Kier molecular flexibility index (Phi) is 6.78. The van der Waals surface area contributed by atoms with E-state index in [1.54, 1.807) is 0 Å². The molecule has 1 amide bonds. The molecule has 2 heterocycles. The van der Waals surface area contributed by atoms with E-state index in [4.69, 9.17) is 5.26 Å². The van der Waals surface area contributed by atoms with Crippen LogP contribution in [0.1, 0.15) is 29.7 Å². The number of rotatable bonds is 8. The number of amides is 1. The number of carbonyl (C=O) groups excluding carboxylic acids is 1. The van der Waals surface area contributed by atoms with Gasteiger partial charge in [-0.2, -0.15) is 5.26 Å². The molecule has 1 saturated heterocycles. The van der Waals surface area contributed by atoms with Gasteiger partial charge in [-0.1, -0.05) is 49.4 Å². The minimum Gasteiger partial charge on any atom is -0.370 e. The number of hydrogen-bond donors (Lipinski definition) is 2. The van der Waals surface area contributed by atoms with E-state index in [-0.39, 0.29) is 5.91 Å². The number of anilines is 2. The van der Waals surface area contributed by atoms with E-state index >= 15 is 0 Å². The van der Waals surface area contributed by atoms with E-state index in [2.05, 4.69) is 33.5 Å². The van der Waals surface area contributed by atoms with Crippen LogP contribution in [0.15, 0.2) is 72.9 Å². The molecule has 162 valence electrons. The fraction of sp³-hybridized carbons (Fsp3) is 0.269. The van der Waals surface area contributed by atoms with Crippen molar-refractivity contribution in [2.75, 3.05) is 29.9 Å². The Balaban J connectivity index is 1.39. The van der Waals surface area contributed by atoms with Gasteiger partial charge in [-0.05, 0) is 47.7 Å². The molecule has 0 saturated carbocycles. The third-order valence-corrected chi connectivity index (χ3v) is 5.67. The summed E-state index contributed by atoms with van der Waals surface area (Å²) in [7, 11) is 0. The first-order valence-corrected chi connectivity index (χ1v) is 10.9. The molecule has 0 spiro atoms. The zero-order valence-electron chi connectivity index (χ0n) is 18.2. The summed E-state index contributed by atoms with van der Waals surface area (Å²) in [4.78, 5) is 19.8. The van der Waals surface area contributed by atoms with Crippen LogP contribution in [-0.2, 0) is 11.2 Å². The van der Waals surface area contributed by atoms with Gasteiger partial charge >= 0.3 is 0 Å². The lowest BCUT2D eigenvalue weighted by Crippen LogP contribution is -2.45. The van der Waals surface area contributed by atoms with E-state index in [0.717, 1.165) is 42.2 Å². The van der Waals surface area contributed by atoms with Crippen LogP contribution in [0.25, 0.3) is 0 Å². The highest BCUT2D eigenvalue weighted by molar-refractivity contribution is 5.94. The molecule has 1 unspecified atom stereocenters. The highest BCUT2D eigenvalue weighted by Crippen LogP contribution is 2.24. The molecule has 2 aromatic carbocycles. The monoisotopic (exact) mass is 425 g/mol. The van der Waals surface area contributed by atoms with Crippen LogP contribution in [0.4, 0.5) is 11.5 Å². The zero-order valence-corrected chi connectivity index (χ0v) is 18.2. The molecule has 32 heavy (non-hydrogen) atoms. The van der Waals surface area contributed by atoms with Gasteiger partial charge in [0.05, 0.1) is 23.5 Å². The molecular weight excluding hydrogens is 398 g/mol. The molecule has 0 aliphatic carbocycles. The van der Waals surface area contributed by atoms with Crippen molar-refractivity contribution in [3.05, 3.63) is 89.6 Å². The van der Waals surface area contributed by atoms with Crippen molar-refractivity contribution in [3.63, 3.8) is 0 Å². The summed E-state index contributed by atoms with van der Waals surface area (Å²) >= 11 is 0. The number of nitrogens with zero attached hydrogens (tertiary/aromatic N) is 3. The minimum atomic E-state index is -0.493. The van der Waals surface area contributed by atoms with Crippen molar-refractivity contribution >= 4 is 17.4 Å². The SMILES string of the molecule is CC1CN(c2ccc(NC(=O)C(NCCc3ccc(C#N)cc3)c3ccccc3)nc2)C1. The lowest BCUT2D eigenvalue weighted by atomic mass is 10.0. The summed E-state index contributed by atoms with van der Waals surface area (Å²) in [5.41, 5.74) is 3.74. The average Bonchev–Trinajstić information content (AvgIpc) is 2.81. The number of hydrogen-bond acceptors (Lipinski definition) is 5. The summed E-state index contributed by atoms with van der Waals surface area (Å²) < 4.78 is 0. The van der Waals surface area contributed by atoms with Gasteiger partial charge in [0.15, 0.2) is 0 Å². The van der Waals surface area contributed by atoms with Gasteiger partial charge in [-0.25, -0.2) is 4.98 Å². The minimum absolute atomic E-state index is 0.145. The highest BCUT2D eigenvalue weighted by atomic mass is 16.2. The third kappa shape index (κ3) is 5.32. The van der Waals surface area contributed by atoms with Gasteiger partial charge in [0.1, 0.15) is 11.9 Å². The van der Waals surface area contributed by atoms with E-state index in [0.29, 0.717) is 17.9 Å². The fourth-order valence-corrected chi connectivity index (χ4v) is 3.87. The van der Waals surface area contributed by atoms with Crippen molar-refractivity contribution in [1.29, 1.82) is 5.26 Å². The van der Waals surface area contributed by atoms with E-state index in [9.17, 15) is 4.79 Å². The normalized spacial score (nSPS) is 14.3. The predicted molar refractivity (Wildman–Crippen MR) is 126 cm³/mol. The Labute approximate surface area is 188 Å². The molecule has 0 bridgehead atoms. The topological polar surface area (TPSA) is 81.0 Å². The van der Waals surface area contributed by atoms with Crippen LogP contribution in [0, 0.1) is 17.2 Å². The van der Waals surface area contributed by atoms with E-state index < -0.39 is 6.04 Å². The van der Waals surface area contributed by atoms with Gasteiger partial charge in [0.2, 0.25) is 5.91 Å². The van der Waals surface area contributed by atoms with Crippen LogP contribution in [-0.4, -0.2) is 30.5 Å². The highest BCUT2D eigenvalue weighted by Gasteiger charge is 2.23. The first kappa shape index (κ1) is 21.5. The van der Waals surface area contributed by atoms with Crippen molar-refractivity contribution in [3.8, 4) is 6.07 Å². The summed E-state index contributed by atoms with van der Waals surface area (Å²) in [6.07, 6.45) is 2.57. The predicted octanol–water partition coefficient (Wildman–Crippen LogP) is 3.92. The molecule has 3 aromatic rings. The lowest BCUT2D eigenvalue weighted by Gasteiger charge is -2.38. The molecule has 0 radical (unpaired) electrons. The van der Waals surface area contributed by atoms with Gasteiger partial charge in [-0.15, -0.1) is 0 Å². The van der Waals surface area contributed by atoms with Gasteiger partial charge in [-0.3, -0.25) is 4.79 Å². The quantitative estimate of drug-likeness (QED) is 0.572. The molecule has 1 aliphatic heterocycles. The van der Waals surface area contributed by atoms with Crippen LogP contribution >= 0.6 is 0 Å². The maximum absolute atomic E-state index is 13.1. The summed E-state index contributed by atoms with van der Waals surface area (Å²) in [6.45, 7) is 4.95. The molecule has 6 nitrogen and oxygen atoms in total. The van der Waals surface area contributed by atoms with E-state index in [1.165, 1.54) is 0 Å².